The molecule has 1 aromatic rings. The van der Waals surface area contributed by atoms with Crippen molar-refractivity contribution in [2.45, 2.75) is 77.4 Å². The quantitative estimate of drug-likeness (QED) is 0.674. The topological polar surface area (TPSA) is 64.5 Å². The molecule has 0 spiro atoms. The van der Waals surface area contributed by atoms with Gasteiger partial charge in [0.1, 0.15) is 11.9 Å². The summed E-state index contributed by atoms with van der Waals surface area (Å²) in [6.07, 6.45) is 14.7. The highest BCUT2D eigenvalue weighted by Crippen LogP contribution is 2.47. The summed E-state index contributed by atoms with van der Waals surface area (Å²) in [6, 6.07) is 1.95. The van der Waals surface area contributed by atoms with Crippen molar-refractivity contribution in [3.63, 3.8) is 0 Å². The minimum absolute atomic E-state index is 0.0213. The Balaban J connectivity index is 1.50. The first kappa shape index (κ1) is 19.4. The molecule has 0 amide bonds. The van der Waals surface area contributed by atoms with Crippen molar-refractivity contribution in [1.29, 1.82) is 0 Å². The maximum Gasteiger partial charge on any atom is 0.217 e. The van der Waals surface area contributed by atoms with Crippen molar-refractivity contribution in [2.24, 2.45) is 5.92 Å². The van der Waals surface area contributed by atoms with E-state index in [-0.39, 0.29) is 12.2 Å². The number of allylic oxidation sites excluding steroid dienone is 6. The molecule has 2 unspecified atom stereocenters. The van der Waals surface area contributed by atoms with Gasteiger partial charge < -0.3 is 14.6 Å². The summed E-state index contributed by atoms with van der Waals surface area (Å²) in [7, 11) is 0. The van der Waals surface area contributed by atoms with E-state index in [4.69, 9.17) is 14.5 Å². The Morgan fingerprint density at radius 2 is 2.03 bits per heavy atom. The molecular weight excluding hydrogens is 376 g/mol. The largest absolute Gasteiger partial charge is 0.512 e. The van der Waals surface area contributed by atoms with E-state index in [0.717, 1.165) is 31.4 Å². The third-order valence-electron chi connectivity index (χ3n) is 6.46. The van der Waals surface area contributed by atoms with E-state index in [1.54, 1.807) is 5.57 Å². The number of hydrogen-bond acceptors (Lipinski definition) is 5. The lowest BCUT2D eigenvalue weighted by Gasteiger charge is -2.26. The van der Waals surface area contributed by atoms with Crippen LogP contribution in [0.4, 0.5) is 0 Å². The van der Waals surface area contributed by atoms with Crippen molar-refractivity contribution in [1.82, 2.24) is 9.97 Å². The second kappa shape index (κ2) is 7.93. The molecule has 5 rings (SSSR count). The summed E-state index contributed by atoms with van der Waals surface area (Å²) >= 11 is 0. The van der Waals surface area contributed by atoms with Crippen LogP contribution in [0.2, 0.25) is 0 Å². The average molecular weight is 407 g/mol. The van der Waals surface area contributed by atoms with Crippen LogP contribution in [-0.2, 0) is 4.74 Å². The van der Waals surface area contributed by atoms with Gasteiger partial charge in [0.2, 0.25) is 5.88 Å². The summed E-state index contributed by atoms with van der Waals surface area (Å²) < 4.78 is 12.2. The summed E-state index contributed by atoms with van der Waals surface area (Å²) in [4.78, 5) is 9.48. The number of nitrogens with zero attached hydrogens (tertiary/aromatic N) is 2. The van der Waals surface area contributed by atoms with Crippen LogP contribution < -0.4 is 4.74 Å². The smallest absolute Gasteiger partial charge is 0.217 e. The Morgan fingerprint density at radius 1 is 1.17 bits per heavy atom. The Labute approximate surface area is 178 Å². The van der Waals surface area contributed by atoms with Crippen LogP contribution in [0.1, 0.15) is 76.7 Å². The van der Waals surface area contributed by atoms with Gasteiger partial charge in [0, 0.05) is 31.2 Å². The highest BCUT2D eigenvalue weighted by atomic mass is 16.5. The first-order chi connectivity index (χ1) is 14.6. The highest BCUT2D eigenvalue weighted by Gasteiger charge is 2.39. The number of ether oxygens (including phenoxy) is 2. The minimum Gasteiger partial charge on any atom is -0.512 e. The second-order valence-electron chi connectivity index (χ2n) is 8.97. The predicted molar refractivity (Wildman–Crippen MR) is 117 cm³/mol. The standard InChI is InChI=1S/C25H30N2O3/c1-15(2)29-24-14-20(26-25(27-24)18-8-3-5-9-21(18)28)16-11-12-23-19(13-16)17-7-4-6-10-22(17)30-23/h3,8,11,14-15,19,23,28H,4-7,9-10,12-13H2,1-2H3. The van der Waals surface area contributed by atoms with E-state index in [1.165, 1.54) is 30.6 Å². The first-order valence-corrected chi connectivity index (χ1v) is 11.3. The lowest BCUT2D eigenvalue weighted by atomic mass is 9.78. The van der Waals surface area contributed by atoms with Crippen molar-refractivity contribution in [2.75, 3.05) is 0 Å². The molecular formula is C25H30N2O3. The van der Waals surface area contributed by atoms with Gasteiger partial charge in [0.25, 0.3) is 0 Å². The predicted octanol–water partition coefficient (Wildman–Crippen LogP) is 5.90. The van der Waals surface area contributed by atoms with Crippen LogP contribution in [0.25, 0.3) is 11.1 Å². The molecule has 5 nitrogen and oxygen atoms in total. The highest BCUT2D eigenvalue weighted by molar-refractivity contribution is 5.74. The minimum atomic E-state index is 0.0213. The average Bonchev–Trinajstić information content (AvgIpc) is 3.11. The van der Waals surface area contributed by atoms with Crippen LogP contribution in [0, 0.1) is 5.92 Å². The van der Waals surface area contributed by atoms with E-state index < -0.39 is 0 Å². The Bertz CT molecular complexity index is 971. The molecule has 0 saturated heterocycles. The Morgan fingerprint density at radius 3 is 2.87 bits per heavy atom. The van der Waals surface area contributed by atoms with E-state index in [9.17, 15) is 5.11 Å². The van der Waals surface area contributed by atoms with Gasteiger partial charge in [-0.15, -0.1) is 0 Å². The van der Waals surface area contributed by atoms with Crippen molar-refractivity contribution < 1.29 is 14.6 Å². The maximum atomic E-state index is 10.4. The summed E-state index contributed by atoms with van der Waals surface area (Å²) in [6.45, 7) is 3.99. The zero-order valence-corrected chi connectivity index (χ0v) is 17.9. The Kier molecular flexibility index (Phi) is 5.13. The van der Waals surface area contributed by atoms with Crippen LogP contribution in [0.15, 0.2) is 41.4 Å². The first-order valence-electron chi connectivity index (χ1n) is 11.3. The SMILES string of the molecule is CC(C)Oc1cc(C2=CCC3OC4=C(CCCC4)C3C2)nc(C2=C(O)CCC=C2)n1. The molecule has 5 heteroatoms. The Hall–Kier alpha value is -2.56. The van der Waals surface area contributed by atoms with Crippen molar-refractivity contribution >= 4 is 11.1 Å². The molecule has 158 valence electrons. The van der Waals surface area contributed by atoms with Gasteiger partial charge in [-0.2, -0.15) is 4.98 Å². The summed E-state index contributed by atoms with van der Waals surface area (Å²) in [5, 5.41) is 10.4. The zero-order valence-electron chi connectivity index (χ0n) is 17.9. The molecule has 0 radical (unpaired) electrons. The van der Waals surface area contributed by atoms with Gasteiger partial charge in [0.05, 0.1) is 23.1 Å². The number of aromatic nitrogens is 2. The van der Waals surface area contributed by atoms with Crippen molar-refractivity contribution in [3.05, 3.63) is 52.9 Å². The van der Waals surface area contributed by atoms with Crippen LogP contribution in [0.3, 0.4) is 0 Å². The van der Waals surface area contributed by atoms with Crippen LogP contribution in [0.5, 0.6) is 5.88 Å². The normalized spacial score (nSPS) is 25.8. The van der Waals surface area contributed by atoms with Gasteiger partial charge in [-0.05, 0) is 57.1 Å². The zero-order chi connectivity index (χ0) is 20.7. The lowest BCUT2D eigenvalue weighted by molar-refractivity contribution is 0.107. The molecule has 0 aromatic carbocycles. The van der Waals surface area contributed by atoms with E-state index in [0.29, 0.717) is 35.4 Å². The van der Waals surface area contributed by atoms with E-state index in [2.05, 4.69) is 17.1 Å². The molecule has 1 aromatic heterocycles. The van der Waals surface area contributed by atoms with Gasteiger partial charge >= 0.3 is 0 Å². The summed E-state index contributed by atoms with van der Waals surface area (Å²) in [5.74, 6) is 3.19. The third-order valence-corrected chi connectivity index (χ3v) is 6.46. The van der Waals surface area contributed by atoms with Gasteiger partial charge in [-0.3, -0.25) is 0 Å². The van der Waals surface area contributed by atoms with Gasteiger partial charge in [0.15, 0.2) is 5.82 Å². The summed E-state index contributed by atoms with van der Waals surface area (Å²) in [5.41, 5.74) is 4.38. The number of hydrogen-bond donors (Lipinski definition) is 1. The molecule has 0 bridgehead atoms. The molecule has 30 heavy (non-hydrogen) atoms. The second-order valence-corrected chi connectivity index (χ2v) is 8.97. The van der Waals surface area contributed by atoms with Crippen molar-refractivity contribution in [3.8, 4) is 5.88 Å². The number of aliphatic hydroxyl groups is 1. The molecule has 2 heterocycles. The molecule has 2 atom stereocenters. The molecule has 1 N–H and O–H groups in total. The lowest BCUT2D eigenvalue weighted by Crippen LogP contribution is -2.22. The molecule has 4 aliphatic rings. The number of fused-ring (bicyclic) bond motifs is 2. The van der Waals surface area contributed by atoms with Crippen LogP contribution >= 0.6 is 0 Å². The van der Waals surface area contributed by atoms with Gasteiger partial charge in [-0.1, -0.05) is 18.2 Å². The van der Waals surface area contributed by atoms with Gasteiger partial charge in [-0.25, -0.2) is 4.98 Å². The fourth-order valence-corrected chi connectivity index (χ4v) is 5.04. The maximum absolute atomic E-state index is 10.4. The van der Waals surface area contributed by atoms with Crippen LogP contribution in [-0.4, -0.2) is 27.3 Å². The molecule has 0 saturated carbocycles. The third kappa shape index (κ3) is 3.66. The monoisotopic (exact) mass is 406 g/mol. The fourth-order valence-electron chi connectivity index (χ4n) is 5.04. The molecule has 3 aliphatic carbocycles. The number of aliphatic hydroxyl groups excluding tert-OH is 1. The van der Waals surface area contributed by atoms with E-state index in [1.807, 2.05) is 26.0 Å². The fraction of sp³-hybridized carbons (Fsp3) is 0.520. The molecule has 0 fully saturated rings. The number of rotatable bonds is 4. The van der Waals surface area contributed by atoms with E-state index >= 15 is 0 Å². The molecule has 1 aliphatic heterocycles.